The summed E-state index contributed by atoms with van der Waals surface area (Å²) >= 11 is 3.57. The van der Waals surface area contributed by atoms with Crippen LogP contribution in [0.15, 0.2) is 22.7 Å². The molecule has 2 atom stereocenters. The van der Waals surface area contributed by atoms with Gasteiger partial charge in [0.2, 0.25) is 0 Å². The van der Waals surface area contributed by atoms with Crippen LogP contribution >= 0.6 is 15.9 Å². The first-order valence-corrected chi connectivity index (χ1v) is 7.59. The number of hydrogen-bond donors (Lipinski definition) is 1. The minimum atomic E-state index is 0.782. The zero-order valence-corrected chi connectivity index (χ0v) is 13.1. The maximum atomic E-state index is 3.57. The van der Waals surface area contributed by atoms with Crippen molar-refractivity contribution in [2.24, 2.45) is 11.8 Å². The molecule has 0 bridgehead atoms. The normalized spacial score (nSPS) is 24.3. The lowest BCUT2D eigenvalue weighted by Gasteiger charge is -2.37. The molecule has 0 aromatic heterocycles. The second kappa shape index (κ2) is 6.07. The van der Waals surface area contributed by atoms with Crippen LogP contribution in [-0.2, 0) is 6.54 Å². The Hall–Kier alpha value is -0.540. The van der Waals surface area contributed by atoms with Crippen molar-refractivity contribution in [3.63, 3.8) is 0 Å². The molecule has 0 radical (unpaired) electrons. The van der Waals surface area contributed by atoms with E-state index < -0.39 is 0 Å². The number of benzene rings is 1. The Bertz CT molecular complexity index is 405. The summed E-state index contributed by atoms with van der Waals surface area (Å²) in [6, 6.07) is 6.63. The summed E-state index contributed by atoms with van der Waals surface area (Å²) in [6.07, 6.45) is 1.30. The molecule has 2 rings (SSSR count). The topological polar surface area (TPSA) is 15.3 Å². The molecule has 3 heteroatoms. The van der Waals surface area contributed by atoms with Gasteiger partial charge in [0.15, 0.2) is 0 Å². The molecule has 1 N–H and O–H groups in total. The summed E-state index contributed by atoms with van der Waals surface area (Å²) in [4.78, 5) is 2.55. The van der Waals surface area contributed by atoms with Gasteiger partial charge in [-0.2, -0.15) is 0 Å². The Labute approximate surface area is 119 Å². The Kier molecular flexibility index (Phi) is 4.68. The largest absolute Gasteiger partial charge is 0.371 e. The third-order valence-electron chi connectivity index (χ3n) is 4.08. The van der Waals surface area contributed by atoms with E-state index in [1.54, 1.807) is 0 Å². The van der Waals surface area contributed by atoms with Gasteiger partial charge >= 0.3 is 0 Å². The van der Waals surface area contributed by atoms with Gasteiger partial charge in [0.25, 0.3) is 0 Å². The van der Waals surface area contributed by atoms with Crippen LogP contribution in [0.5, 0.6) is 0 Å². The number of anilines is 1. The van der Waals surface area contributed by atoms with Crippen molar-refractivity contribution >= 4 is 21.6 Å². The first-order chi connectivity index (χ1) is 8.61. The van der Waals surface area contributed by atoms with Gasteiger partial charge in [0, 0.05) is 29.8 Å². The molecule has 0 aliphatic carbocycles. The van der Waals surface area contributed by atoms with E-state index in [2.05, 4.69) is 58.2 Å². The van der Waals surface area contributed by atoms with Gasteiger partial charge in [-0.1, -0.05) is 29.8 Å². The van der Waals surface area contributed by atoms with Crippen molar-refractivity contribution in [3.8, 4) is 0 Å². The van der Waals surface area contributed by atoms with Crippen LogP contribution in [0.2, 0.25) is 0 Å². The molecular weight excluding hydrogens is 288 g/mol. The third-order valence-corrected chi connectivity index (χ3v) is 4.58. The minimum Gasteiger partial charge on any atom is -0.371 e. The van der Waals surface area contributed by atoms with Crippen LogP contribution < -0.4 is 10.2 Å². The van der Waals surface area contributed by atoms with Crippen LogP contribution in [-0.4, -0.2) is 20.1 Å². The van der Waals surface area contributed by atoms with Crippen molar-refractivity contribution < 1.29 is 0 Å². The third kappa shape index (κ3) is 3.07. The van der Waals surface area contributed by atoms with Crippen molar-refractivity contribution in [3.05, 3.63) is 28.2 Å². The number of piperidine rings is 1. The molecule has 1 heterocycles. The SMILES string of the molecule is CNCc1cc(Br)ccc1N1CCC(C)C(C)C1. The van der Waals surface area contributed by atoms with Crippen LogP contribution in [0.4, 0.5) is 5.69 Å². The fourth-order valence-electron chi connectivity index (χ4n) is 2.68. The summed E-state index contributed by atoms with van der Waals surface area (Å²) < 4.78 is 1.16. The standard InChI is InChI=1S/C15H23BrN2/c1-11-6-7-18(10-12(11)2)15-5-4-14(16)8-13(15)9-17-3/h4-5,8,11-12,17H,6-7,9-10H2,1-3H3. The van der Waals surface area contributed by atoms with Crippen LogP contribution in [0.25, 0.3) is 0 Å². The molecule has 0 spiro atoms. The number of rotatable bonds is 3. The quantitative estimate of drug-likeness (QED) is 0.916. The molecule has 100 valence electrons. The highest BCUT2D eigenvalue weighted by atomic mass is 79.9. The first kappa shape index (κ1) is 13.9. The van der Waals surface area contributed by atoms with E-state index in [0.29, 0.717) is 0 Å². The van der Waals surface area contributed by atoms with Crippen molar-refractivity contribution in [2.45, 2.75) is 26.8 Å². The van der Waals surface area contributed by atoms with E-state index >= 15 is 0 Å². The molecule has 0 amide bonds. The zero-order valence-electron chi connectivity index (χ0n) is 11.5. The molecule has 18 heavy (non-hydrogen) atoms. The Morgan fingerprint density at radius 2 is 2.11 bits per heavy atom. The zero-order chi connectivity index (χ0) is 13.1. The molecule has 1 saturated heterocycles. The van der Waals surface area contributed by atoms with E-state index in [-0.39, 0.29) is 0 Å². The molecular formula is C15H23BrN2. The first-order valence-electron chi connectivity index (χ1n) is 6.79. The van der Waals surface area contributed by atoms with Gasteiger partial charge in [-0.3, -0.25) is 0 Å². The molecule has 0 saturated carbocycles. The van der Waals surface area contributed by atoms with Crippen LogP contribution in [0.3, 0.4) is 0 Å². The van der Waals surface area contributed by atoms with E-state index in [1.807, 2.05) is 7.05 Å². The summed E-state index contributed by atoms with van der Waals surface area (Å²) in [5.74, 6) is 1.63. The van der Waals surface area contributed by atoms with Gasteiger partial charge in [-0.15, -0.1) is 0 Å². The second-order valence-electron chi connectivity index (χ2n) is 5.49. The smallest absolute Gasteiger partial charge is 0.0412 e. The molecule has 1 aromatic carbocycles. The predicted octanol–water partition coefficient (Wildman–Crippen LogP) is 3.65. The van der Waals surface area contributed by atoms with Crippen LogP contribution in [0, 0.1) is 11.8 Å². The molecule has 2 nitrogen and oxygen atoms in total. The Morgan fingerprint density at radius 1 is 1.33 bits per heavy atom. The number of nitrogens with zero attached hydrogens (tertiary/aromatic N) is 1. The highest BCUT2D eigenvalue weighted by Crippen LogP contribution is 2.30. The highest BCUT2D eigenvalue weighted by molar-refractivity contribution is 9.10. The molecule has 1 aliphatic heterocycles. The number of halogens is 1. The minimum absolute atomic E-state index is 0.782. The summed E-state index contributed by atoms with van der Waals surface area (Å²) in [5.41, 5.74) is 2.78. The second-order valence-corrected chi connectivity index (χ2v) is 6.41. The van der Waals surface area contributed by atoms with Crippen molar-refractivity contribution in [2.75, 3.05) is 25.0 Å². The molecule has 1 aliphatic rings. The van der Waals surface area contributed by atoms with E-state index in [1.165, 1.54) is 30.8 Å². The Morgan fingerprint density at radius 3 is 2.78 bits per heavy atom. The number of nitrogens with one attached hydrogen (secondary N) is 1. The van der Waals surface area contributed by atoms with Crippen molar-refractivity contribution in [1.82, 2.24) is 5.32 Å². The lowest BCUT2D eigenvalue weighted by molar-refractivity contribution is 0.323. The average molecular weight is 311 g/mol. The average Bonchev–Trinajstić information content (AvgIpc) is 2.34. The monoisotopic (exact) mass is 310 g/mol. The van der Waals surface area contributed by atoms with Gasteiger partial charge in [0.05, 0.1) is 0 Å². The maximum absolute atomic E-state index is 3.57. The maximum Gasteiger partial charge on any atom is 0.0412 e. The lowest BCUT2D eigenvalue weighted by atomic mass is 9.88. The number of hydrogen-bond acceptors (Lipinski definition) is 2. The van der Waals surface area contributed by atoms with E-state index in [9.17, 15) is 0 Å². The lowest BCUT2D eigenvalue weighted by Crippen LogP contribution is -2.39. The Balaban J connectivity index is 2.22. The molecule has 1 fully saturated rings. The molecule has 1 aromatic rings. The van der Waals surface area contributed by atoms with Gasteiger partial charge in [-0.05, 0) is 49.1 Å². The van der Waals surface area contributed by atoms with Gasteiger partial charge in [0.1, 0.15) is 0 Å². The van der Waals surface area contributed by atoms with E-state index in [4.69, 9.17) is 0 Å². The fourth-order valence-corrected chi connectivity index (χ4v) is 3.08. The summed E-state index contributed by atoms with van der Waals surface area (Å²) in [6.45, 7) is 8.03. The summed E-state index contributed by atoms with van der Waals surface area (Å²) in [5, 5.41) is 3.26. The van der Waals surface area contributed by atoms with Crippen LogP contribution in [0.1, 0.15) is 25.8 Å². The summed E-state index contributed by atoms with van der Waals surface area (Å²) in [7, 11) is 2.01. The predicted molar refractivity (Wildman–Crippen MR) is 82.1 cm³/mol. The fraction of sp³-hybridized carbons (Fsp3) is 0.600. The highest BCUT2D eigenvalue weighted by Gasteiger charge is 2.23. The van der Waals surface area contributed by atoms with Gasteiger partial charge < -0.3 is 10.2 Å². The van der Waals surface area contributed by atoms with Gasteiger partial charge in [-0.25, -0.2) is 0 Å². The van der Waals surface area contributed by atoms with E-state index in [0.717, 1.165) is 22.9 Å². The van der Waals surface area contributed by atoms with Crippen molar-refractivity contribution in [1.29, 1.82) is 0 Å². The molecule has 2 unspecified atom stereocenters.